The van der Waals surface area contributed by atoms with Crippen LogP contribution in [0.4, 0.5) is 0 Å². The monoisotopic (exact) mass is 242 g/mol. The van der Waals surface area contributed by atoms with Crippen LogP contribution in [-0.2, 0) is 0 Å². The van der Waals surface area contributed by atoms with Crippen molar-refractivity contribution in [2.45, 2.75) is 52.6 Å². The third-order valence-electron chi connectivity index (χ3n) is 0.990. The Hall–Kier alpha value is -0.117. The molecule has 0 spiro atoms. The fraction of sp³-hybridized carbons (Fsp3) is 0.800. The van der Waals surface area contributed by atoms with Crippen molar-refractivity contribution in [3.8, 4) is 0 Å². The molecule has 0 fully saturated rings. The fourth-order valence-corrected chi connectivity index (χ4v) is 0.514. The largest absolute Gasteiger partial charge is 0.286 e. The summed E-state index contributed by atoms with van der Waals surface area (Å²) in [4.78, 5) is 8.57. The molecule has 74 valence electrons. The third kappa shape index (κ3) is 14.7. The zero-order chi connectivity index (χ0) is 9.83. The second-order valence-electron chi connectivity index (χ2n) is 4.90. The third-order valence-corrected chi connectivity index (χ3v) is 0.990. The number of rotatable bonds is 1. The normalized spacial score (nSPS) is 13.7. The first-order valence-electron chi connectivity index (χ1n) is 4.30. The minimum atomic E-state index is 0. The summed E-state index contributed by atoms with van der Waals surface area (Å²) in [6.07, 6.45) is 3.54. The van der Waals surface area contributed by atoms with E-state index in [-0.39, 0.29) is 28.7 Å². The first kappa shape index (κ1) is 15.4. The molecule has 13 heavy (non-hydrogen) atoms. The topological polar surface area (TPSA) is 24.7 Å². The Morgan fingerprint density at radius 3 is 1.08 bits per heavy atom. The van der Waals surface area contributed by atoms with Crippen LogP contribution in [0.15, 0.2) is 9.98 Å². The minimum absolute atomic E-state index is 0. The van der Waals surface area contributed by atoms with E-state index in [0.717, 1.165) is 0 Å². The van der Waals surface area contributed by atoms with E-state index in [1.54, 1.807) is 12.4 Å². The minimum Gasteiger partial charge on any atom is -0.286 e. The van der Waals surface area contributed by atoms with Gasteiger partial charge in [0.1, 0.15) is 0 Å². The Morgan fingerprint density at radius 2 is 0.923 bits per heavy atom. The molecule has 2 nitrogen and oxygen atoms in total. The van der Waals surface area contributed by atoms with E-state index in [2.05, 4.69) is 51.5 Å². The van der Waals surface area contributed by atoms with Gasteiger partial charge < -0.3 is 0 Å². The number of aliphatic imine (C=N–C) groups is 2. The van der Waals surface area contributed by atoms with Crippen molar-refractivity contribution in [2.75, 3.05) is 0 Å². The maximum absolute atomic E-state index is 4.29. The van der Waals surface area contributed by atoms with Gasteiger partial charge in [0.15, 0.2) is 0 Å². The van der Waals surface area contributed by atoms with E-state index >= 15 is 0 Å². The van der Waals surface area contributed by atoms with Gasteiger partial charge in [0, 0.05) is 30.0 Å². The maximum Gasteiger partial charge on any atom is 0.0524 e. The predicted molar refractivity (Wildman–Crippen MR) is 62.2 cm³/mol. The van der Waals surface area contributed by atoms with Crippen molar-refractivity contribution in [3.63, 3.8) is 0 Å². The summed E-state index contributed by atoms with van der Waals surface area (Å²) < 4.78 is 0. The zero-order valence-electron chi connectivity index (χ0n) is 9.55. The van der Waals surface area contributed by atoms with Crippen LogP contribution in [0.2, 0.25) is 0 Å². The Bertz CT molecular complexity index is 160. The molecule has 0 aliphatic carbocycles. The second-order valence-corrected chi connectivity index (χ2v) is 4.90. The Balaban J connectivity index is 0. The zero-order valence-corrected chi connectivity index (χ0v) is 11.6. The maximum atomic E-state index is 4.29. The number of nitrogens with zero attached hydrogens (tertiary/aromatic N) is 2. The Kier molecular flexibility index (Phi) is 6.59. The van der Waals surface area contributed by atoms with Crippen LogP contribution >= 0.6 is 0 Å². The number of hydrogen-bond donors (Lipinski definition) is 0. The molecule has 0 aliphatic heterocycles. The molecule has 0 rings (SSSR count). The summed E-state index contributed by atoms with van der Waals surface area (Å²) in [7, 11) is 0. The van der Waals surface area contributed by atoms with Crippen molar-refractivity contribution in [1.82, 2.24) is 0 Å². The summed E-state index contributed by atoms with van der Waals surface area (Å²) in [5, 5.41) is 0. The van der Waals surface area contributed by atoms with Gasteiger partial charge >= 0.3 is 0 Å². The molecule has 0 saturated heterocycles. The van der Waals surface area contributed by atoms with Gasteiger partial charge in [-0.25, -0.2) is 0 Å². The first-order chi connectivity index (χ1) is 5.21. The Labute approximate surface area is 92.9 Å². The van der Waals surface area contributed by atoms with E-state index in [4.69, 9.17) is 0 Å². The smallest absolute Gasteiger partial charge is 0.0524 e. The molecule has 0 unspecified atom stereocenters. The Morgan fingerprint density at radius 1 is 0.692 bits per heavy atom. The summed E-state index contributed by atoms with van der Waals surface area (Å²) in [6.45, 7) is 12.4. The average molecular weight is 241 g/mol. The van der Waals surface area contributed by atoms with Gasteiger partial charge in [-0.1, -0.05) is 0 Å². The van der Waals surface area contributed by atoms with Crippen LogP contribution in [0.3, 0.4) is 0 Å². The molecule has 4 radical (unpaired) electrons. The molecule has 0 aliphatic rings. The summed E-state index contributed by atoms with van der Waals surface area (Å²) in [5.41, 5.74) is 0.00775. The van der Waals surface area contributed by atoms with Gasteiger partial charge in [-0.2, -0.15) is 0 Å². The van der Waals surface area contributed by atoms with E-state index < -0.39 is 0 Å². The second kappa shape index (κ2) is 5.58. The predicted octanol–water partition coefficient (Wildman–Crippen LogP) is 2.34. The van der Waals surface area contributed by atoms with Crippen LogP contribution in [0.25, 0.3) is 0 Å². The van der Waals surface area contributed by atoms with Crippen LogP contribution < -0.4 is 0 Å². The van der Waals surface area contributed by atoms with Gasteiger partial charge in [0.05, 0.1) is 11.1 Å². The quantitative estimate of drug-likeness (QED) is 0.497. The fourth-order valence-electron chi connectivity index (χ4n) is 0.514. The standard InChI is InChI=1S/C10H20N2.Ge/c1-9(2,3)11-7-8-12-10(4,5)6;/h7-8H,1-6H3;. The molecule has 0 aromatic rings. The van der Waals surface area contributed by atoms with Crippen molar-refractivity contribution in [1.29, 1.82) is 0 Å². The van der Waals surface area contributed by atoms with Crippen LogP contribution in [-0.4, -0.2) is 41.1 Å². The van der Waals surface area contributed by atoms with Gasteiger partial charge in [-0.05, 0) is 41.5 Å². The van der Waals surface area contributed by atoms with Crippen LogP contribution in [0.1, 0.15) is 41.5 Å². The summed E-state index contributed by atoms with van der Waals surface area (Å²) in [5.74, 6) is 0. The van der Waals surface area contributed by atoms with Crippen molar-refractivity contribution in [2.24, 2.45) is 9.98 Å². The van der Waals surface area contributed by atoms with Crippen molar-refractivity contribution < 1.29 is 0 Å². The molecule has 0 N–H and O–H groups in total. The van der Waals surface area contributed by atoms with Gasteiger partial charge in [-0.15, -0.1) is 0 Å². The van der Waals surface area contributed by atoms with Crippen molar-refractivity contribution in [3.05, 3.63) is 0 Å². The molecular formula is C10H20GeN2. The summed E-state index contributed by atoms with van der Waals surface area (Å²) >= 11 is 0. The molecule has 3 heteroatoms. The van der Waals surface area contributed by atoms with Gasteiger partial charge in [0.2, 0.25) is 0 Å². The molecule has 0 aromatic heterocycles. The summed E-state index contributed by atoms with van der Waals surface area (Å²) in [6, 6.07) is 0. The molecule has 0 saturated carbocycles. The van der Waals surface area contributed by atoms with Crippen molar-refractivity contribution >= 4 is 30.0 Å². The van der Waals surface area contributed by atoms with E-state index in [1.807, 2.05) is 0 Å². The van der Waals surface area contributed by atoms with Gasteiger partial charge in [0.25, 0.3) is 0 Å². The molecular weight excluding hydrogens is 221 g/mol. The molecule has 0 atom stereocenters. The van der Waals surface area contributed by atoms with E-state index in [0.29, 0.717) is 0 Å². The average Bonchev–Trinajstić information content (AvgIpc) is 1.76. The van der Waals surface area contributed by atoms with Crippen LogP contribution in [0, 0.1) is 0 Å². The SMILES string of the molecule is CC(C)(C)N=CC=NC(C)(C)C.[Ge]. The number of hydrogen-bond acceptors (Lipinski definition) is 2. The van der Waals surface area contributed by atoms with E-state index in [1.165, 1.54) is 0 Å². The first-order valence-corrected chi connectivity index (χ1v) is 4.30. The molecule has 0 amide bonds. The molecule has 0 aromatic carbocycles. The van der Waals surface area contributed by atoms with Gasteiger partial charge in [-0.3, -0.25) is 9.98 Å². The molecule has 0 bridgehead atoms. The molecule has 0 heterocycles. The van der Waals surface area contributed by atoms with Crippen LogP contribution in [0.5, 0.6) is 0 Å². The van der Waals surface area contributed by atoms with E-state index in [9.17, 15) is 0 Å².